The summed E-state index contributed by atoms with van der Waals surface area (Å²) in [5, 5.41) is 4.18. The van der Waals surface area contributed by atoms with Crippen LogP contribution in [0.15, 0.2) is 42.5 Å². The van der Waals surface area contributed by atoms with Gasteiger partial charge in [0.2, 0.25) is 0 Å². The van der Waals surface area contributed by atoms with Crippen LogP contribution >= 0.6 is 34.2 Å². The number of hydrogen-bond donors (Lipinski definition) is 1. The molecule has 1 nitrogen and oxygen atoms in total. The normalized spacial score (nSPS) is 12.2. The van der Waals surface area contributed by atoms with Gasteiger partial charge in [0, 0.05) is 20.3 Å². The Labute approximate surface area is 131 Å². The molecule has 100 valence electrons. The van der Waals surface area contributed by atoms with E-state index in [2.05, 4.69) is 34.8 Å². The van der Waals surface area contributed by atoms with Gasteiger partial charge in [-0.15, -0.1) is 0 Å². The Kier molecular flexibility index (Phi) is 5.05. The predicted octanol–water partition coefficient (Wildman–Crippen LogP) is 5.13. The topological polar surface area (TPSA) is 12.0 Å². The standard InChI is InChI=1S/C15H14ClFIN/c1-10(8-11-2-5-13(17)6-3-11)19-15-7-4-12(16)9-14(15)18/h2-7,9-10,19H,8H2,1H3. The molecule has 0 aliphatic carbocycles. The molecule has 0 aliphatic rings. The van der Waals surface area contributed by atoms with E-state index in [0.717, 1.165) is 26.3 Å². The van der Waals surface area contributed by atoms with E-state index in [1.165, 1.54) is 12.1 Å². The summed E-state index contributed by atoms with van der Waals surface area (Å²) < 4.78 is 13.9. The first-order valence-electron chi connectivity index (χ1n) is 6.00. The van der Waals surface area contributed by atoms with Crippen LogP contribution in [0.2, 0.25) is 5.02 Å². The number of benzene rings is 2. The number of hydrogen-bond acceptors (Lipinski definition) is 1. The number of rotatable bonds is 4. The lowest BCUT2D eigenvalue weighted by molar-refractivity contribution is 0.626. The second-order valence-electron chi connectivity index (χ2n) is 4.50. The Balaban J connectivity index is 2.01. The minimum atomic E-state index is -0.198. The van der Waals surface area contributed by atoms with Gasteiger partial charge in [0.15, 0.2) is 0 Å². The average Bonchev–Trinajstić information content (AvgIpc) is 2.36. The van der Waals surface area contributed by atoms with Gasteiger partial charge in [-0.25, -0.2) is 4.39 Å². The third-order valence-corrected chi connectivity index (χ3v) is 3.92. The fourth-order valence-electron chi connectivity index (χ4n) is 1.90. The van der Waals surface area contributed by atoms with Gasteiger partial charge in [-0.3, -0.25) is 0 Å². The van der Waals surface area contributed by atoms with E-state index in [1.807, 2.05) is 30.3 Å². The Morgan fingerprint density at radius 1 is 1.21 bits per heavy atom. The molecular formula is C15H14ClFIN. The maximum atomic E-state index is 12.8. The van der Waals surface area contributed by atoms with E-state index in [0.29, 0.717) is 0 Å². The number of halogens is 3. The van der Waals surface area contributed by atoms with Crippen molar-refractivity contribution in [1.29, 1.82) is 0 Å². The molecule has 0 radical (unpaired) electrons. The summed E-state index contributed by atoms with van der Waals surface area (Å²) in [5.41, 5.74) is 2.19. The van der Waals surface area contributed by atoms with Crippen LogP contribution in [0, 0.1) is 9.39 Å². The molecule has 2 aromatic rings. The van der Waals surface area contributed by atoms with Crippen molar-refractivity contribution in [2.45, 2.75) is 19.4 Å². The van der Waals surface area contributed by atoms with Crippen LogP contribution in [0.3, 0.4) is 0 Å². The maximum Gasteiger partial charge on any atom is 0.123 e. The van der Waals surface area contributed by atoms with Crippen molar-refractivity contribution < 1.29 is 4.39 Å². The second-order valence-corrected chi connectivity index (χ2v) is 6.10. The zero-order valence-electron chi connectivity index (χ0n) is 10.5. The second kappa shape index (κ2) is 6.57. The molecule has 1 unspecified atom stereocenters. The first-order valence-corrected chi connectivity index (χ1v) is 7.46. The van der Waals surface area contributed by atoms with Gasteiger partial charge in [-0.2, -0.15) is 0 Å². The molecule has 1 atom stereocenters. The zero-order chi connectivity index (χ0) is 13.8. The molecule has 2 rings (SSSR count). The molecule has 0 saturated carbocycles. The molecular weight excluding hydrogens is 376 g/mol. The van der Waals surface area contributed by atoms with E-state index in [9.17, 15) is 4.39 Å². The summed E-state index contributed by atoms with van der Waals surface area (Å²) in [6.07, 6.45) is 0.846. The molecule has 0 fully saturated rings. The van der Waals surface area contributed by atoms with Crippen molar-refractivity contribution in [3.8, 4) is 0 Å². The Hall–Kier alpha value is -0.810. The Morgan fingerprint density at radius 3 is 2.53 bits per heavy atom. The van der Waals surface area contributed by atoms with Crippen molar-refractivity contribution in [1.82, 2.24) is 0 Å². The average molecular weight is 390 g/mol. The monoisotopic (exact) mass is 389 g/mol. The van der Waals surface area contributed by atoms with Crippen molar-refractivity contribution in [2.24, 2.45) is 0 Å². The van der Waals surface area contributed by atoms with Crippen molar-refractivity contribution in [2.75, 3.05) is 5.32 Å². The molecule has 19 heavy (non-hydrogen) atoms. The molecule has 2 aromatic carbocycles. The SMILES string of the molecule is CC(Cc1ccc(F)cc1)Nc1ccc(Cl)cc1I. The summed E-state index contributed by atoms with van der Waals surface area (Å²) in [4.78, 5) is 0. The van der Waals surface area contributed by atoms with Crippen LogP contribution < -0.4 is 5.32 Å². The highest BCUT2D eigenvalue weighted by Gasteiger charge is 2.06. The van der Waals surface area contributed by atoms with E-state index in [4.69, 9.17) is 11.6 Å². The Morgan fingerprint density at radius 2 is 1.89 bits per heavy atom. The summed E-state index contributed by atoms with van der Waals surface area (Å²) in [6, 6.07) is 12.7. The molecule has 0 spiro atoms. The fraction of sp³-hybridized carbons (Fsp3) is 0.200. The Bertz CT molecular complexity index is 557. The number of anilines is 1. The summed E-state index contributed by atoms with van der Waals surface area (Å²) >= 11 is 8.19. The quantitative estimate of drug-likeness (QED) is 0.715. The van der Waals surface area contributed by atoms with E-state index in [1.54, 1.807) is 0 Å². The van der Waals surface area contributed by atoms with Crippen molar-refractivity contribution >= 4 is 39.9 Å². The smallest absolute Gasteiger partial charge is 0.123 e. The lowest BCUT2D eigenvalue weighted by Crippen LogP contribution is -2.18. The first kappa shape index (κ1) is 14.6. The van der Waals surface area contributed by atoms with Gasteiger partial charge in [0.05, 0.1) is 0 Å². The third kappa shape index (κ3) is 4.35. The fourth-order valence-corrected chi connectivity index (χ4v) is 2.92. The van der Waals surface area contributed by atoms with Gasteiger partial charge >= 0.3 is 0 Å². The van der Waals surface area contributed by atoms with Crippen LogP contribution in [-0.2, 0) is 6.42 Å². The number of nitrogens with one attached hydrogen (secondary N) is 1. The van der Waals surface area contributed by atoms with Crippen LogP contribution in [0.1, 0.15) is 12.5 Å². The van der Waals surface area contributed by atoms with Gasteiger partial charge < -0.3 is 5.32 Å². The summed E-state index contributed by atoms with van der Waals surface area (Å²) in [6.45, 7) is 2.11. The molecule has 4 heteroatoms. The molecule has 0 heterocycles. The summed E-state index contributed by atoms with van der Waals surface area (Å²) in [5.74, 6) is -0.198. The van der Waals surface area contributed by atoms with Crippen LogP contribution in [0.5, 0.6) is 0 Å². The van der Waals surface area contributed by atoms with Crippen LogP contribution in [0.4, 0.5) is 10.1 Å². The van der Waals surface area contributed by atoms with E-state index >= 15 is 0 Å². The van der Waals surface area contributed by atoms with Crippen molar-refractivity contribution in [3.63, 3.8) is 0 Å². The van der Waals surface area contributed by atoms with E-state index < -0.39 is 0 Å². The zero-order valence-corrected chi connectivity index (χ0v) is 13.4. The minimum absolute atomic E-state index is 0.198. The third-order valence-electron chi connectivity index (χ3n) is 2.79. The van der Waals surface area contributed by atoms with Gasteiger partial charge in [-0.05, 0) is 71.8 Å². The molecule has 1 N–H and O–H groups in total. The molecule has 0 bridgehead atoms. The molecule has 0 amide bonds. The first-order chi connectivity index (χ1) is 9.04. The largest absolute Gasteiger partial charge is 0.381 e. The lowest BCUT2D eigenvalue weighted by atomic mass is 10.1. The molecule has 0 aliphatic heterocycles. The molecule has 0 saturated heterocycles. The minimum Gasteiger partial charge on any atom is -0.381 e. The molecule has 0 aromatic heterocycles. The maximum absolute atomic E-state index is 12.8. The van der Waals surface area contributed by atoms with Gasteiger partial charge in [0.1, 0.15) is 5.82 Å². The van der Waals surface area contributed by atoms with E-state index in [-0.39, 0.29) is 11.9 Å². The predicted molar refractivity (Wildman–Crippen MR) is 87.4 cm³/mol. The highest BCUT2D eigenvalue weighted by Crippen LogP contribution is 2.23. The lowest BCUT2D eigenvalue weighted by Gasteiger charge is -2.16. The van der Waals surface area contributed by atoms with Gasteiger partial charge in [0.25, 0.3) is 0 Å². The van der Waals surface area contributed by atoms with Crippen LogP contribution in [0.25, 0.3) is 0 Å². The van der Waals surface area contributed by atoms with Crippen LogP contribution in [-0.4, -0.2) is 6.04 Å². The summed E-state index contributed by atoms with van der Waals surface area (Å²) in [7, 11) is 0. The highest BCUT2D eigenvalue weighted by molar-refractivity contribution is 14.1. The van der Waals surface area contributed by atoms with Gasteiger partial charge in [-0.1, -0.05) is 23.7 Å². The van der Waals surface area contributed by atoms with Crippen molar-refractivity contribution in [3.05, 3.63) is 62.4 Å². The highest BCUT2D eigenvalue weighted by atomic mass is 127.